The van der Waals surface area contributed by atoms with Crippen molar-refractivity contribution in [2.45, 2.75) is 93.2 Å². The quantitative estimate of drug-likeness (QED) is 0.157. The Morgan fingerprint density at radius 1 is 0.500 bits per heavy atom. The second-order valence-corrected chi connectivity index (χ2v) is 6.83. The van der Waals surface area contributed by atoms with Crippen LogP contribution < -0.4 is 40.1 Å². The molecule has 0 radical (unpaired) electrons. The van der Waals surface area contributed by atoms with Gasteiger partial charge >= 0.3 is 0 Å². The van der Waals surface area contributed by atoms with Crippen molar-refractivity contribution >= 4 is 21.6 Å². The van der Waals surface area contributed by atoms with E-state index < -0.39 is 58.1 Å². The van der Waals surface area contributed by atoms with Gasteiger partial charge in [0.1, 0.15) is 0 Å². The lowest BCUT2D eigenvalue weighted by Crippen LogP contribution is -1.99. The molecule has 0 saturated heterocycles. The molecule has 0 saturated carbocycles. The fourth-order valence-corrected chi connectivity index (χ4v) is 1.59. The molecular weight excluding hydrogens is 438 g/mol. The van der Waals surface area contributed by atoms with Gasteiger partial charge in [0.2, 0.25) is 0 Å². The first kappa shape index (κ1) is 18.7. The lowest BCUT2D eigenvalue weighted by Gasteiger charge is -1.93. The third-order valence-electron chi connectivity index (χ3n) is 1.63. The highest BCUT2D eigenvalue weighted by Crippen LogP contribution is 2.20. The zero-order valence-electron chi connectivity index (χ0n) is 37.4. The van der Waals surface area contributed by atoms with Gasteiger partial charge in [-0.15, -0.1) is 0 Å². The predicted molar refractivity (Wildman–Crippen MR) is 160 cm³/mol. The summed E-state index contributed by atoms with van der Waals surface area (Å²) in [7, 11) is 2.57. The number of hydrogen-bond acceptors (Lipinski definition) is 9. The van der Waals surface area contributed by atoms with Gasteiger partial charge in [0, 0.05) is 39.9 Å². The molecule has 0 aliphatic heterocycles. The predicted octanol–water partition coefficient (Wildman–Crippen LogP) is 3.87. The second-order valence-electron chi connectivity index (χ2n) is 4.36. The highest BCUT2D eigenvalue weighted by molar-refractivity contribution is 8.76. The Bertz CT molecular complexity index is 607. The minimum atomic E-state index is -1.83. The molecule has 0 amide bonds. The van der Waals surface area contributed by atoms with Crippen LogP contribution in [0.25, 0.3) is 0 Å². The van der Waals surface area contributed by atoms with Crippen molar-refractivity contribution in [3.8, 4) is 0 Å². The summed E-state index contributed by atoms with van der Waals surface area (Å²) < 4.78 is 108. The summed E-state index contributed by atoms with van der Waals surface area (Å²) in [5.74, 6) is 0.543. The minimum absolute atomic E-state index is 0.0880. The Balaban J connectivity index is -0.0000000838. The molecule has 0 aromatic carbocycles. The lowest BCUT2D eigenvalue weighted by atomic mass is 10.5. The van der Waals surface area contributed by atoms with Gasteiger partial charge in [-0.25, -0.2) is 0 Å². The summed E-state index contributed by atoms with van der Waals surface area (Å²) >= 11 is 0. The first-order valence-corrected chi connectivity index (χ1v) is 12.4. The van der Waals surface area contributed by atoms with Crippen LogP contribution in [0, 0.1) is 0 Å². The van der Waals surface area contributed by atoms with Crippen LogP contribution in [0.2, 0.25) is 0 Å². The molecule has 7 nitrogen and oxygen atoms in total. The minimum Gasteiger partial charge on any atom is -0.330 e. The molecule has 0 rings (SSSR count). The second kappa shape index (κ2) is 85.7. The molecule has 0 aromatic rings. The van der Waals surface area contributed by atoms with Gasteiger partial charge in [0.25, 0.3) is 0 Å². The highest BCUT2D eigenvalue weighted by Gasteiger charge is 1.83. The molecule has 0 aliphatic rings. The van der Waals surface area contributed by atoms with Crippen LogP contribution in [-0.4, -0.2) is 57.1 Å². The van der Waals surface area contributed by atoms with Gasteiger partial charge in [-0.3, -0.25) is 0 Å². The van der Waals surface area contributed by atoms with Crippen molar-refractivity contribution in [1.82, 2.24) is 0 Å². The molecular formula is C23H67N7S2. The fourth-order valence-electron chi connectivity index (χ4n) is 0.176. The lowest BCUT2D eigenvalue weighted by molar-refractivity contribution is 0.932. The Morgan fingerprint density at radius 2 is 0.844 bits per heavy atom. The van der Waals surface area contributed by atoms with Crippen molar-refractivity contribution in [3.05, 3.63) is 0 Å². The average Bonchev–Trinajstić information content (AvgIpc) is 2.86. The van der Waals surface area contributed by atoms with Gasteiger partial charge in [-0.1, -0.05) is 70.1 Å². The normalized spacial score (nSPS) is 23.6. The largest absolute Gasteiger partial charge is 0.330 e. The molecule has 0 spiro atoms. The van der Waals surface area contributed by atoms with Gasteiger partial charge in [-0.2, -0.15) is 0 Å². The molecule has 0 heterocycles. The fraction of sp³-hybridized carbons (Fsp3) is 1.00. The van der Waals surface area contributed by atoms with E-state index in [-0.39, 0.29) is 18.7 Å². The van der Waals surface area contributed by atoms with Crippen LogP contribution >= 0.6 is 21.6 Å². The molecule has 32 heavy (non-hydrogen) atoms. The van der Waals surface area contributed by atoms with E-state index in [0.717, 1.165) is 6.42 Å². The summed E-state index contributed by atoms with van der Waals surface area (Å²) in [4.78, 5) is 0. The van der Waals surface area contributed by atoms with E-state index in [1.54, 1.807) is 20.8 Å². The van der Waals surface area contributed by atoms with Crippen molar-refractivity contribution in [1.29, 1.82) is 0 Å². The summed E-state index contributed by atoms with van der Waals surface area (Å²) in [6.45, 7) is 4.46. The standard InChI is InChI=1S/C5H13NS2.6C3H9N/c1-2-4-7-8-5-3-6;6*1-2-3-4/h2-6H2,1H3;6*2-4H2,1H3/i2D2,3D2;2D2,3D;2D,3D2;2D,3D;3D2;3D;2D. The van der Waals surface area contributed by atoms with Crippen LogP contribution in [0.15, 0.2) is 0 Å². The maximum Gasteiger partial charge on any atom is 0.0434 e. The first-order valence-electron chi connectivity index (χ1n) is 18.4. The monoisotopic (exact) mass is 522 g/mol. The van der Waals surface area contributed by atoms with Crippen LogP contribution in [0.3, 0.4) is 0 Å². The molecule has 14 N–H and O–H groups in total. The summed E-state index contributed by atoms with van der Waals surface area (Å²) in [5.41, 5.74) is 34.5. The summed E-state index contributed by atoms with van der Waals surface area (Å²) in [6, 6.07) is 0. The van der Waals surface area contributed by atoms with Gasteiger partial charge in [0.15, 0.2) is 0 Å². The smallest absolute Gasteiger partial charge is 0.0434 e. The van der Waals surface area contributed by atoms with Crippen LogP contribution in [0.5, 0.6) is 0 Å². The van der Waals surface area contributed by atoms with Crippen molar-refractivity contribution in [2.24, 2.45) is 40.1 Å². The van der Waals surface area contributed by atoms with E-state index in [1.807, 2.05) is 6.92 Å². The number of nitrogens with two attached hydrogens (primary N) is 7. The van der Waals surface area contributed by atoms with Crippen LogP contribution in [-0.2, 0) is 0 Å². The Labute approximate surface area is 234 Å². The van der Waals surface area contributed by atoms with E-state index in [0.29, 0.717) is 18.7 Å². The molecule has 206 valence electrons. The van der Waals surface area contributed by atoms with Crippen molar-refractivity contribution < 1.29 is 21.9 Å². The molecule has 0 fully saturated rings. The first-order chi connectivity index (χ1) is 20.8. The molecule has 0 aromatic heterocycles. The van der Waals surface area contributed by atoms with E-state index in [9.17, 15) is 0 Å². The van der Waals surface area contributed by atoms with Crippen LogP contribution in [0.1, 0.15) is 115 Å². The maximum atomic E-state index is 7.17. The third-order valence-corrected chi connectivity index (χ3v) is 3.69. The van der Waals surface area contributed by atoms with E-state index in [1.165, 1.54) is 42.4 Å². The zero-order chi connectivity index (χ0) is 40.9. The molecule has 0 aliphatic carbocycles. The Morgan fingerprint density at radius 3 is 0.969 bits per heavy atom. The topological polar surface area (TPSA) is 182 Å². The van der Waals surface area contributed by atoms with Gasteiger partial charge in [0.05, 0.1) is 0 Å². The number of rotatable bonds is 11. The van der Waals surface area contributed by atoms with E-state index in [4.69, 9.17) is 62.1 Å². The SMILES string of the molecule is [2H]C(C)C([2H])([2H])N.[2H]C(C)C([2H])N.[2H]C(C)CN.[2H]C(N)C([2H])([2H])C.[2H]C(N)CC.[2H]C([2H])(C)CSSCC([2H])([2H])N.[2H]C([2H])(N)CC. The Kier molecular flexibility index (Phi) is 50.0. The zero-order valence-corrected chi connectivity index (χ0v) is 23.0. The average molecular weight is 522 g/mol. The summed E-state index contributed by atoms with van der Waals surface area (Å²) in [5, 5.41) is 0. The van der Waals surface area contributed by atoms with Crippen molar-refractivity contribution in [2.75, 3.05) is 57.1 Å². The van der Waals surface area contributed by atoms with Gasteiger partial charge < -0.3 is 40.1 Å². The van der Waals surface area contributed by atoms with E-state index in [2.05, 4.69) is 0 Å². The van der Waals surface area contributed by atoms with E-state index >= 15 is 0 Å². The molecule has 9 heteroatoms. The highest BCUT2D eigenvalue weighted by atomic mass is 33.1. The number of hydrogen-bond donors (Lipinski definition) is 7. The molecule has 6 unspecified atom stereocenters. The summed E-state index contributed by atoms with van der Waals surface area (Å²) in [6.07, 6.45) is -3.00. The molecule has 6 atom stereocenters. The van der Waals surface area contributed by atoms with Gasteiger partial charge in [-0.05, 0) is 83.9 Å². The molecule has 0 bridgehead atoms. The Hall–Kier alpha value is 0.420. The third kappa shape index (κ3) is 202. The van der Waals surface area contributed by atoms with Crippen molar-refractivity contribution in [3.63, 3.8) is 0 Å². The maximum absolute atomic E-state index is 7.17. The van der Waals surface area contributed by atoms with Crippen LogP contribution in [0.4, 0.5) is 0 Å².